The van der Waals surface area contributed by atoms with Crippen molar-refractivity contribution in [2.45, 2.75) is 19.9 Å². The van der Waals surface area contributed by atoms with Crippen LogP contribution in [0.4, 0.5) is 5.69 Å². The number of fused-ring (bicyclic) bond motifs is 1. The first-order valence-corrected chi connectivity index (χ1v) is 10.5. The molecular weight excluding hydrogens is 394 g/mol. The van der Waals surface area contributed by atoms with Gasteiger partial charge in [0.25, 0.3) is 0 Å². The van der Waals surface area contributed by atoms with Gasteiger partial charge in [0.15, 0.2) is 0 Å². The topological polar surface area (TPSA) is 71.1 Å². The Kier molecular flexibility index (Phi) is 5.59. The molecule has 1 unspecified atom stereocenters. The molecule has 1 heterocycles. The third kappa shape index (κ3) is 4.39. The van der Waals surface area contributed by atoms with Crippen LogP contribution >= 0.6 is 11.3 Å². The molecule has 3 aromatic carbocycles. The Labute approximate surface area is 178 Å². The molecule has 2 amide bonds. The van der Waals surface area contributed by atoms with Crippen molar-refractivity contribution in [3.8, 4) is 10.6 Å². The normalized spacial score (nSPS) is 11.8. The van der Waals surface area contributed by atoms with Crippen LogP contribution in [0.2, 0.25) is 0 Å². The van der Waals surface area contributed by atoms with E-state index in [2.05, 4.69) is 28.6 Å². The van der Waals surface area contributed by atoms with E-state index in [1.807, 2.05) is 61.5 Å². The third-order valence-electron chi connectivity index (χ3n) is 4.79. The molecule has 0 saturated carbocycles. The Morgan fingerprint density at radius 1 is 0.933 bits per heavy atom. The molecule has 0 fully saturated rings. The molecule has 1 atom stereocenters. The fourth-order valence-corrected chi connectivity index (χ4v) is 4.20. The highest BCUT2D eigenvalue weighted by Gasteiger charge is 2.17. The lowest BCUT2D eigenvalue weighted by atomic mass is 10.1. The Morgan fingerprint density at radius 2 is 1.67 bits per heavy atom. The van der Waals surface area contributed by atoms with E-state index in [9.17, 15) is 9.59 Å². The zero-order chi connectivity index (χ0) is 21.1. The quantitative estimate of drug-likeness (QED) is 0.456. The standard InChI is InChI=1S/C24H21N3O2S/c1-15-8-13-20-21(14-15)30-24(27-20)18-9-11-19(12-10-18)26-23(29)22(28)25-16(2)17-6-4-3-5-7-17/h3-14,16H,1-2H3,(H,25,28)(H,26,29). The second-order valence-corrected chi connectivity index (χ2v) is 8.16. The molecule has 0 aliphatic rings. The summed E-state index contributed by atoms with van der Waals surface area (Å²) in [6, 6.07) is 22.8. The first kappa shape index (κ1) is 19.8. The van der Waals surface area contributed by atoms with E-state index in [0.717, 1.165) is 26.4 Å². The average Bonchev–Trinajstić information content (AvgIpc) is 3.18. The highest BCUT2D eigenvalue weighted by atomic mass is 32.1. The van der Waals surface area contributed by atoms with Crippen molar-refractivity contribution in [2.75, 3.05) is 5.32 Å². The third-order valence-corrected chi connectivity index (χ3v) is 5.85. The minimum atomic E-state index is -0.694. The van der Waals surface area contributed by atoms with Gasteiger partial charge in [-0.25, -0.2) is 4.98 Å². The molecule has 150 valence electrons. The number of aromatic nitrogens is 1. The van der Waals surface area contributed by atoms with E-state index < -0.39 is 11.8 Å². The van der Waals surface area contributed by atoms with Crippen LogP contribution in [0.15, 0.2) is 72.8 Å². The number of aryl methyl sites for hydroxylation is 1. The van der Waals surface area contributed by atoms with E-state index in [1.54, 1.807) is 23.5 Å². The van der Waals surface area contributed by atoms with Gasteiger partial charge in [-0.15, -0.1) is 11.3 Å². The van der Waals surface area contributed by atoms with Crippen LogP contribution in [0, 0.1) is 6.92 Å². The zero-order valence-corrected chi connectivity index (χ0v) is 17.5. The van der Waals surface area contributed by atoms with E-state index >= 15 is 0 Å². The van der Waals surface area contributed by atoms with Crippen molar-refractivity contribution in [3.05, 3.63) is 83.9 Å². The molecule has 0 spiro atoms. The molecule has 0 saturated heterocycles. The minimum absolute atomic E-state index is 0.255. The highest BCUT2D eigenvalue weighted by molar-refractivity contribution is 7.21. The number of nitrogens with one attached hydrogen (secondary N) is 2. The molecule has 0 radical (unpaired) electrons. The van der Waals surface area contributed by atoms with Gasteiger partial charge < -0.3 is 10.6 Å². The molecule has 0 aliphatic carbocycles. The maximum absolute atomic E-state index is 12.3. The number of hydrogen-bond acceptors (Lipinski definition) is 4. The minimum Gasteiger partial charge on any atom is -0.341 e. The summed E-state index contributed by atoms with van der Waals surface area (Å²) in [5.74, 6) is -1.36. The van der Waals surface area contributed by atoms with Crippen molar-refractivity contribution in [3.63, 3.8) is 0 Å². The van der Waals surface area contributed by atoms with Crippen LogP contribution in [-0.4, -0.2) is 16.8 Å². The van der Waals surface area contributed by atoms with Gasteiger partial charge in [-0.2, -0.15) is 0 Å². The number of carbonyl (C=O) groups excluding carboxylic acids is 2. The lowest BCUT2D eigenvalue weighted by Crippen LogP contribution is -2.36. The maximum Gasteiger partial charge on any atom is 0.313 e. The molecule has 0 aliphatic heterocycles. The van der Waals surface area contributed by atoms with Gasteiger partial charge in [0.05, 0.1) is 16.3 Å². The monoisotopic (exact) mass is 415 g/mol. The number of nitrogens with zero attached hydrogens (tertiary/aromatic N) is 1. The van der Waals surface area contributed by atoms with Gasteiger partial charge in [-0.1, -0.05) is 36.4 Å². The number of benzene rings is 3. The molecule has 0 bridgehead atoms. The van der Waals surface area contributed by atoms with Crippen molar-refractivity contribution in [1.29, 1.82) is 0 Å². The Morgan fingerprint density at radius 3 is 2.40 bits per heavy atom. The fourth-order valence-electron chi connectivity index (χ4n) is 3.13. The average molecular weight is 416 g/mol. The number of anilines is 1. The van der Waals surface area contributed by atoms with Gasteiger partial charge in [0.2, 0.25) is 0 Å². The summed E-state index contributed by atoms with van der Waals surface area (Å²) in [4.78, 5) is 29.1. The number of rotatable bonds is 4. The van der Waals surface area contributed by atoms with Crippen LogP contribution in [0.3, 0.4) is 0 Å². The van der Waals surface area contributed by atoms with Gasteiger partial charge >= 0.3 is 11.8 Å². The molecule has 30 heavy (non-hydrogen) atoms. The van der Waals surface area contributed by atoms with Crippen molar-refractivity contribution in [2.24, 2.45) is 0 Å². The molecule has 6 heteroatoms. The van der Waals surface area contributed by atoms with Gasteiger partial charge in [-0.3, -0.25) is 9.59 Å². The van der Waals surface area contributed by atoms with Gasteiger partial charge in [0.1, 0.15) is 5.01 Å². The van der Waals surface area contributed by atoms with Crippen molar-refractivity contribution < 1.29 is 9.59 Å². The molecule has 2 N–H and O–H groups in total. The van der Waals surface area contributed by atoms with Gasteiger partial charge in [-0.05, 0) is 61.4 Å². The smallest absolute Gasteiger partial charge is 0.313 e. The van der Waals surface area contributed by atoms with Crippen molar-refractivity contribution >= 4 is 39.1 Å². The summed E-state index contributed by atoms with van der Waals surface area (Å²) in [5, 5.41) is 6.28. The number of carbonyl (C=O) groups is 2. The Hall–Kier alpha value is -3.51. The van der Waals surface area contributed by atoms with Crippen LogP contribution in [0.5, 0.6) is 0 Å². The Bertz CT molecular complexity index is 1200. The highest BCUT2D eigenvalue weighted by Crippen LogP contribution is 2.31. The molecule has 4 aromatic rings. The summed E-state index contributed by atoms with van der Waals surface area (Å²) in [6.07, 6.45) is 0. The van der Waals surface area contributed by atoms with E-state index in [-0.39, 0.29) is 6.04 Å². The number of thiazole rings is 1. The lowest BCUT2D eigenvalue weighted by molar-refractivity contribution is -0.136. The van der Waals surface area contributed by atoms with Crippen LogP contribution < -0.4 is 10.6 Å². The molecule has 5 nitrogen and oxygen atoms in total. The molecule has 4 rings (SSSR count). The second kappa shape index (κ2) is 8.47. The van der Waals surface area contributed by atoms with Crippen LogP contribution in [0.1, 0.15) is 24.1 Å². The summed E-state index contributed by atoms with van der Waals surface area (Å²) >= 11 is 1.63. The fraction of sp³-hybridized carbons (Fsp3) is 0.125. The van der Waals surface area contributed by atoms with E-state index in [4.69, 9.17) is 0 Å². The Balaban J connectivity index is 1.41. The van der Waals surface area contributed by atoms with Gasteiger partial charge in [0, 0.05) is 11.3 Å². The van der Waals surface area contributed by atoms with Crippen LogP contribution in [-0.2, 0) is 9.59 Å². The number of amides is 2. The SMILES string of the molecule is Cc1ccc2nc(-c3ccc(NC(=O)C(=O)NC(C)c4ccccc4)cc3)sc2c1. The maximum atomic E-state index is 12.3. The summed E-state index contributed by atoms with van der Waals surface area (Å²) < 4.78 is 1.14. The first-order chi connectivity index (χ1) is 14.5. The summed E-state index contributed by atoms with van der Waals surface area (Å²) in [6.45, 7) is 3.90. The first-order valence-electron chi connectivity index (χ1n) is 9.64. The lowest BCUT2D eigenvalue weighted by Gasteiger charge is -2.14. The molecular formula is C24H21N3O2S. The zero-order valence-electron chi connectivity index (χ0n) is 16.7. The van der Waals surface area contributed by atoms with E-state index in [1.165, 1.54) is 5.56 Å². The van der Waals surface area contributed by atoms with Crippen molar-refractivity contribution in [1.82, 2.24) is 10.3 Å². The predicted octanol–water partition coefficient (Wildman–Crippen LogP) is 5.09. The molecule has 1 aromatic heterocycles. The summed E-state index contributed by atoms with van der Waals surface area (Å²) in [5.41, 5.74) is 4.64. The van der Waals surface area contributed by atoms with Crippen LogP contribution in [0.25, 0.3) is 20.8 Å². The van der Waals surface area contributed by atoms with E-state index in [0.29, 0.717) is 5.69 Å². The predicted molar refractivity (Wildman–Crippen MR) is 121 cm³/mol. The largest absolute Gasteiger partial charge is 0.341 e. The second-order valence-electron chi connectivity index (χ2n) is 7.13. The summed E-state index contributed by atoms with van der Waals surface area (Å²) in [7, 11) is 0. The number of hydrogen-bond donors (Lipinski definition) is 2.